The Labute approximate surface area is 200 Å². The maximum atomic E-state index is 13.5. The van der Waals surface area contributed by atoms with Crippen LogP contribution < -0.4 is 10.6 Å². The fourth-order valence-corrected chi connectivity index (χ4v) is 4.81. The summed E-state index contributed by atoms with van der Waals surface area (Å²) in [6.07, 6.45) is 8.50. The van der Waals surface area contributed by atoms with Crippen molar-refractivity contribution in [2.45, 2.75) is 65.6 Å². The van der Waals surface area contributed by atoms with Crippen molar-refractivity contribution in [2.24, 2.45) is 27.7 Å². The van der Waals surface area contributed by atoms with Gasteiger partial charge in [-0.2, -0.15) is 4.99 Å². The highest BCUT2D eigenvalue weighted by Gasteiger charge is 2.69. The van der Waals surface area contributed by atoms with Gasteiger partial charge in [0, 0.05) is 19.5 Å². The van der Waals surface area contributed by atoms with Gasteiger partial charge in [-0.1, -0.05) is 40.7 Å². The lowest BCUT2D eigenvalue weighted by atomic mass is 9.85. The number of fused-ring (bicyclic) bond motifs is 1. The molecule has 0 aromatic carbocycles. The number of nitrogens with one attached hydrogen (secondary N) is 2. The highest BCUT2D eigenvalue weighted by atomic mass is 16.2. The third kappa shape index (κ3) is 5.45. The number of carbonyl (C=O) groups is 4. The number of rotatable bonds is 10. The van der Waals surface area contributed by atoms with Crippen molar-refractivity contribution in [3.8, 4) is 12.3 Å². The zero-order chi connectivity index (χ0) is 25.8. The van der Waals surface area contributed by atoms with E-state index in [1.807, 2.05) is 13.8 Å². The number of terminal acetylenes is 1. The predicted octanol–water partition coefficient (Wildman–Crippen LogP) is 0.989. The average Bonchev–Trinajstić information content (AvgIpc) is 3.11. The van der Waals surface area contributed by atoms with Crippen LogP contribution in [-0.4, -0.2) is 65.7 Å². The van der Waals surface area contributed by atoms with Crippen LogP contribution in [0.3, 0.4) is 0 Å². The standard InChI is InChI=1S/C25H34N4O5/c1-8-10-11-16(19(31)22(33)26-12-9-2)28-21(32)18-17-15(25(17,6)7)13-29(18)23(34)20(27-14-30)24(3,4)5/h1,9,15-18,20H,2,10-13H2,3-7H3,(H,26,33)(H,28,32)/t15-,16?,17-,18-,20+/m0/s1. The Morgan fingerprint density at radius 3 is 2.47 bits per heavy atom. The van der Waals surface area contributed by atoms with Crippen molar-refractivity contribution in [2.75, 3.05) is 13.1 Å². The van der Waals surface area contributed by atoms with Gasteiger partial charge >= 0.3 is 0 Å². The van der Waals surface area contributed by atoms with E-state index in [0.717, 1.165) is 0 Å². The molecule has 0 aromatic heterocycles. The molecular formula is C25H34N4O5. The summed E-state index contributed by atoms with van der Waals surface area (Å²) >= 11 is 0. The van der Waals surface area contributed by atoms with Gasteiger partial charge in [0.05, 0.1) is 6.04 Å². The quantitative estimate of drug-likeness (QED) is 0.162. The van der Waals surface area contributed by atoms with Gasteiger partial charge in [0.2, 0.25) is 23.7 Å². The molecule has 2 N–H and O–H groups in total. The van der Waals surface area contributed by atoms with Crippen molar-refractivity contribution in [1.82, 2.24) is 15.5 Å². The lowest BCUT2D eigenvalue weighted by Gasteiger charge is -2.35. The number of hydrogen-bond donors (Lipinski definition) is 2. The Morgan fingerprint density at radius 1 is 1.29 bits per heavy atom. The molecule has 34 heavy (non-hydrogen) atoms. The molecule has 1 aliphatic carbocycles. The lowest BCUT2D eigenvalue weighted by Crippen LogP contribution is -2.57. The molecular weight excluding hydrogens is 436 g/mol. The minimum atomic E-state index is -1.13. The Morgan fingerprint density at radius 2 is 1.94 bits per heavy atom. The molecule has 5 atom stereocenters. The number of ketones is 1. The van der Waals surface area contributed by atoms with Crippen LogP contribution in [0.1, 0.15) is 47.5 Å². The molecule has 1 heterocycles. The Kier molecular flexibility index (Phi) is 8.22. The fourth-order valence-electron chi connectivity index (χ4n) is 4.81. The van der Waals surface area contributed by atoms with E-state index in [9.17, 15) is 24.0 Å². The number of Topliss-reactive ketones (excluding diaryl/α,β-unsaturated/α-hetero) is 1. The van der Waals surface area contributed by atoms with E-state index in [2.05, 4.69) is 28.1 Å². The van der Waals surface area contributed by atoms with Crippen molar-refractivity contribution in [3.05, 3.63) is 12.7 Å². The van der Waals surface area contributed by atoms with Crippen LogP contribution in [0.2, 0.25) is 0 Å². The molecule has 2 fully saturated rings. The largest absolute Gasteiger partial charge is 0.346 e. The maximum Gasteiger partial charge on any atom is 0.289 e. The van der Waals surface area contributed by atoms with E-state index < -0.39 is 47.0 Å². The molecule has 9 heteroatoms. The summed E-state index contributed by atoms with van der Waals surface area (Å²) in [5, 5.41) is 5.08. The lowest BCUT2D eigenvalue weighted by molar-refractivity contribution is -0.144. The van der Waals surface area contributed by atoms with Gasteiger partial charge in [0.1, 0.15) is 12.1 Å². The summed E-state index contributed by atoms with van der Waals surface area (Å²) in [6.45, 7) is 13.3. The van der Waals surface area contributed by atoms with Crippen molar-refractivity contribution >= 4 is 29.6 Å². The van der Waals surface area contributed by atoms with E-state index in [1.54, 1.807) is 20.8 Å². The summed E-state index contributed by atoms with van der Waals surface area (Å²) in [4.78, 5) is 67.9. The Bertz CT molecular complexity index is 951. The van der Waals surface area contributed by atoms with Crippen molar-refractivity contribution in [3.63, 3.8) is 0 Å². The number of likely N-dealkylation sites (tertiary alicyclic amines) is 1. The van der Waals surface area contributed by atoms with Crippen LogP contribution >= 0.6 is 0 Å². The third-order valence-corrected chi connectivity index (χ3v) is 6.84. The fraction of sp³-hybridized carbons (Fsp3) is 0.640. The summed E-state index contributed by atoms with van der Waals surface area (Å²) in [5.41, 5.74) is -0.823. The monoisotopic (exact) mass is 470 g/mol. The minimum Gasteiger partial charge on any atom is -0.346 e. The molecule has 9 nitrogen and oxygen atoms in total. The third-order valence-electron chi connectivity index (χ3n) is 6.84. The van der Waals surface area contributed by atoms with Gasteiger partial charge < -0.3 is 15.5 Å². The number of hydrogen-bond acceptors (Lipinski definition) is 6. The first-order valence-corrected chi connectivity index (χ1v) is 11.4. The number of amides is 3. The molecule has 0 radical (unpaired) electrons. The molecule has 184 valence electrons. The number of piperidine rings is 1. The van der Waals surface area contributed by atoms with E-state index in [-0.39, 0.29) is 36.6 Å². The van der Waals surface area contributed by atoms with Crippen LogP contribution in [0.25, 0.3) is 0 Å². The normalized spacial score (nSPS) is 23.9. The first-order chi connectivity index (χ1) is 15.8. The molecule has 0 bridgehead atoms. The molecule has 1 aliphatic heterocycles. The van der Waals surface area contributed by atoms with Gasteiger partial charge in [-0.25, -0.2) is 4.79 Å². The van der Waals surface area contributed by atoms with E-state index >= 15 is 0 Å². The second-order valence-corrected chi connectivity index (χ2v) is 10.5. The second kappa shape index (κ2) is 10.4. The average molecular weight is 471 g/mol. The molecule has 3 amide bonds. The molecule has 1 saturated carbocycles. The van der Waals surface area contributed by atoms with Crippen molar-refractivity contribution < 1.29 is 24.0 Å². The van der Waals surface area contributed by atoms with Crippen LogP contribution in [0.5, 0.6) is 0 Å². The topological polar surface area (TPSA) is 125 Å². The number of carbonyl (C=O) groups excluding carboxylic acids is 5. The van der Waals surface area contributed by atoms with Gasteiger partial charge in [-0.15, -0.1) is 18.9 Å². The van der Waals surface area contributed by atoms with Crippen LogP contribution in [0, 0.1) is 35.0 Å². The zero-order valence-corrected chi connectivity index (χ0v) is 20.5. The Balaban J connectivity index is 2.31. The number of nitrogens with zero attached hydrogens (tertiary/aromatic N) is 2. The van der Waals surface area contributed by atoms with Crippen molar-refractivity contribution in [1.29, 1.82) is 0 Å². The summed E-state index contributed by atoms with van der Waals surface area (Å²) in [6, 6.07) is -2.97. The smallest absolute Gasteiger partial charge is 0.289 e. The molecule has 0 aromatic rings. The number of isocyanates is 1. The molecule has 2 rings (SSSR count). The van der Waals surface area contributed by atoms with Gasteiger partial charge in [0.25, 0.3) is 5.91 Å². The molecule has 1 unspecified atom stereocenters. The molecule has 0 spiro atoms. The highest BCUT2D eigenvalue weighted by Crippen LogP contribution is 2.65. The van der Waals surface area contributed by atoms with Crippen LogP contribution in [0.15, 0.2) is 17.6 Å². The second-order valence-electron chi connectivity index (χ2n) is 10.5. The summed E-state index contributed by atoms with van der Waals surface area (Å²) in [7, 11) is 0. The van der Waals surface area contributed by atoms with Crippen LogP contribution in [-0.2, 0) is 24.0 Å². The first-order valence-electron chi connectivity index (χ1n) is 11.4. The summed E-state index contributed by atoms with van der Waals surface area (Å²) in [5.74, 6) is -0.223. The zero-order valence-electron chi connectivity index (χ0n) is 20.5. The minimum absolute atomic E-state index is 0.0841. The van der Waals surface area contributed by atoms with Gasteiger partial charge in [-0.3, -0.25) is 19.2 Å². The number of aliphatic imine (C=N–C) groups is 1. The molecule has 2 aliphatic rings. The SMILES string of the molecule is C#CCCC(NC(=O)[C@@H]1[C@@H]2[C@H](CN1C(=O)[C@@H](N=C=O)C(C)(C)C)C2(C)C)C(=O)C(=O)NCC=C. The maximum absolute atomic E-state index is 13.5. The van der Waals surface area contributed by atoms with E-state index in [1.165, 1.54) is 17.1 Å². The first kappa shape index (κ1) is 27.0. The Hall–Kier alpha value is -3.24. The predicted molar refractivity (Wildman–Crippen MR) is 126 cm³/mol. The highest BCUT2D eigenvalue weighted by molar-refractivity contribution is 6.38. The van der Waals surface area contributed by atoms with E-state index in [0.29, 0.717) is 6.54 Å². The van der Waals surface area contributed by atoms with Gasteiger partial charge in [0.15, 0.2) is 0 Å². The van der Waals surface area contributed by atoms with Gasteiger partial charge in [-0.05, 0) is 29.1 Å². The molecule has 1 saturated heterocycles. The van der Waals surface area contributed by atoms with Crippen LogP contribution in [0.4, 0.5) is 0 Å². The summed E-state index contributed by atoms with van der Waals surface area (Å²) < 4.78 is 0. The van der Waals surface area contributed by atoms with E-state index in [4.69, 9.17) is 6.42 Å².